The molecule has 0 radical (unpaired) electrons. The minimum absolute atomic E-state index is 0.365. The van der Waals surface area contributed by atoms with Crippen molar-refractivity contribution in [3.05, 3.63) is 169 Å². The number of piperidine rings is 1. The molecule has 0 aliphatic carbocycles. The van der Waals surface area contributed by atoms with Gasteiger partial charge in [-0.3, -0.25) is 4.90 Å². The molecule has 4 heteroatoms. The van der Waals surface area contributed by atoms with E-state index in [2.05, 4.69) is 178 Å². The van der Waals surface area contributed by atoms with Gasteiger partial charge in [-0.1, -0.05) is 133 Å². The van der Waals surface area contributed by atoms with E-state index in [-0.39, 0.29) is 0 Å². The molecule has 0 N–H and O–H groups in total. The van der Waals surface area contributed by atoms with Gasteiger partial charge in [-0.05, 0) is 65.1 Å². The summed E-state index contributed by atoms with van der Waals surface area (Å²) in [5, 5.41) is 7.61. The van der Waals surface area contributed by atoms with E-state index in [1.807, 2.05) is 0 Å². The molecule has 0 atom stereocenters. The van der Waals surface area contributed by atoms with Crippen LogP contribution in [0.25, 0.3) is 72.2 Å². The van der Waals surface area contributed by atoms with Crippen LogP contribution < -0.4 is 0 Å². The summed E-state index contributed by atoms with van der Waals surface area (Å²) in [7, 11) is 0. The van der Waals surface area contributed by atoms with Crippen LogP contribution in [0.5, 0.6) is 0 Å². The number of para-hydroxylation sites is 2. The molecule has 9 aromatic rings. The average Bonchev–Trinajstić information content (AvgIpc) is 3.75. The van der Waals surface area contributed by atoms with E-state index in [1.165, 1.54) is 54.4 Å². The fourth-order valence-corrected chi connectivity index (χ4v) is 8.51. The summed E-state index contributed by atoms with van der Waals surface area (Å²) in [6.07, 6.45) is 6.67. The minimum atomic E-state index is 0.365. The third-order valence-corrected chi connectivity index (χ3v) is 10.9. The van der Waals surface area contributed by atoms with Gasteiger partial charge >= 0.3 is 0 Å². The van der Waals surface area contributed by atoms with Gasteiger partial charge in [0.25, 0.3) is 0 Å². The predicted molar refractivity (Wildman–Crippen MR) is 214 cm³/mol. The zero-order chi connectivity index (χ0) is 33.7. The van der Waals surface area contributed by atoms with Crippen LogP contribution in [0.4, 0.5) is 0 Å². The van der Waals surface area contributed by atoms with Gasteiger partial charge in [0.05, 0.1) is 22.1 Å². The molecular weight excluding hydrogens is 621 g/mol. The number of imidazole rings is 1. The van der Waals surface area contributed by atoms with E-state index in [9.17, 15) is 0 Å². The van der Waals surface area contributed by atoms with Gasteiger partial charge < -0.3 is 9.13 Å². The Morgan fingerprint density at radius 1 is 0.529 bits per heavy atom. The number of rotatable bonds is 6. The van der Waals surface area contributed by atoms with Crippen LogP contribution in [0, 0.1) is 0 Å². The van der Waals surface area contributed by atoms with Crippen molar-refractivity contribution < 1.29 is 0 Å². The first-order chi connectivity index (χ1) is 25.3. The topological polar surface area (TPSA) is 26.0 Å². The molecule has 0 spiro atoms. The van der Waals surface area contributed by atoms with Gasteiger partial charge in [0, 0.05) is 52.9 Å². The Morgan fingerprint density at radius 3 is 1.75 bits per heavy atom. The summed E-state index contributed by atoms with van der Waals surface area (Å²) in [5.74, 6) is 1.03. The van der Waals surface area contributed by atoms with Gasteiger partial charge in [0.1, 0.15) is 5.82 Å². The van der Waals surface area contributed by atoms with Crippen LogP contribution >= 0.6 is 0 Å². The SMILES string of the molecule is C(=C\c1nc2c3ccccc3c3ccccc3c2n1C1CCN(Cc2ccccc2)CC1)/c1ccc(-n2c3ccccc3c3ccccc32)cc1. The van der Waals surface area contributed by atoms with E-state index in [4.69, 9.17) is 4.98 Å². The van der Waals surface area contributed by atoms with E-state index in [0.717, 1.165) is 55.1 Å². The van der Waals surface area contributed by atoms with Crippen LogP contribution in [-0.2, 0) is 6.54 Å². The number of aromatic nitrogens is 3. The van der Waals surface area contributed by atoms with Crippen molar-refractivity contribution in [3.8, 4) is 5.69 Å². The molecule has 0 unspecified atom stereocenters. The van der Waals surface area contributed by atoms with Crippen molar-refractivity contribution in [2.45, 2.75) is 25.4 Å². The Kier molecular flexibility index (Phi) is 7.28. The maximum absolute atomic E-state index is 5.45. The Bertz CT molecular complexity index is 2670. The van der Waals surface area contributed by atoms with E-state index < -0.39 is 0 Å². The molecule has 0 amide bonds. The lowest BCUT2D eigenvalue weighted by atomic mass is 9.98. The normalized spacial score (nSPS) is 14.6. The number of likely N-dealkylation sites (tertiary alicyclic amines) is 1. The zero-order valence-electron chi connectivity index (χ0n) is 28.5. The average molecular weight is 659 g/mol. The standard InChI is InChI=1S/C47H38N4/c1-2-12-34(13-3-1)32-49-30-28-36(29-31-49)51-45(48-46-41-18-6-4-14-37(41)38-15-5-7-19-42(38)47(46)51)27-24-33-22-25-35(26-23-33)50-43-20-10-8-16-39(43)40-17-9-11-21-44(40)50/h1-27,36H,28-32H2/b27-24+. The third kappa shape index (κ3) is 5.14. The monoisotopic (exact) mass is 658 g/mol. The summed E-state index contributed by atoms with van der Waals surface area (Å²) in [6.45, 7) is 3.14. The molecular formula is C47H38N4. The largest absolute Gasteiger partial charge is 0.321 e. The summed E-state index contributed by atoms with van der Waals surface area (Å²) in [5.41, 5.74) is 8.51. The fourth-order valence-electron chi connectivity index (χ4n) is 8.51. The summed E-state index contributed by atoms with van der Waals surface area (Å²) in [4.78, 5) is 8.06. The van der Waals surface area contributed by atoms with Crippen LogP contribution in [-0.4, -0.2) is 32.1 Å². The maximum atomic E-state index is 5.45. The van der Waals surface area contributed by atoms with Crippen molar-refractivity contribution in [2.75, 3.05) is 13.1 Å². The number of fused-ring (bicyclic) bond motifs is 9. The lowest BCUT2D eigenvalue weighted by Crippen LogP contribution is -2.34. The molecule has 1 fully saturated rings. The van der Waals surface area contributed by atoms with Crippen LogP contribution in [0.2, 0.25) is 0 Å². The first-order valence-electron chi connectivity index (χ1n) is 18.1. The molecule has 246 valence electrons. The van der Waals surface area contributed by atoms with Crippen molar-refractivity contribution in [1.82, 2.24) is 19.0 Å². The van der Waals surface area contributed by atoms with Gasteiger partial charge in [-0.2, -0.15) is 0 Å². The number of nitrogens with zero attached hydrogens (tertiary/aromatic N) is 4. The van der Waals surface area contributed by atoms with Crippen molar-refractivity contribution in [3.63, 3.8) is 0 Å². The van der Waals surface area contributed by atoms with Crippen molar-refractivity contribution in [1.29, 1.82) is 0 Å². The minimum Gasteiger partial charge on any atom is -0.321 e. The molecule has 1 aliphatic heterocycles. The van der Waals surface area contributed by atoms with E-state index in [0.29, 0.717) is 6.04 Å². The van der Waals surface area contributed by atoms with Gasteiger partial charge in [-0.25, -0.2) is 4.98 Å². The van der Waals surface area contributed by atoms with Crippen LogP contribution in [0.3, 0.4) is 0 Å². The van der Waals surface area contributed by atoms with Crippen LogP contribution in [0.15, 0.2) is 152 Å². The summed E-state index contributed by atoms with van der Waals surface area (Å²) >= 11 is 0. The Hall–Kier alpha value is -5.97. The summed E-state index contributed by atoms with van der Waals surface area (Å²) < 4.78 is 4.95. The molecule has 10 rings (SSSR count). The number of hydrogen-bond donors (Lipinski definition) is 0. The molecule has 2 aromatic heterocycles. The Labute approximate surface area is 297 Å². The Balaban J connectivity index is 1.05. The van der Waals surface area contributed by atoms with Crippen LogP contribution in [0.1, 0.15) is 35.8 Å². The molecule has 4 nitrogen and oxygen atoms in total. The second-order valence-corrected chi connectivity index (χ2v) is 13.9. The third-order valence-electron chi connectivity index (χ3n) is 10.9. The quantitative estimate of drug-likeness (QED) is 0.166. The second kappa shape index (κ2) is 12.4. The molecule has 51 heavy (non-hydrogen) atoms. The predicted octanol–water partition coefficient (Wildman–Crippen LogP) is 11.4. The highest BCUT2D eigenvalue weighted by Crippen LogP contribution is 2.39. The highest BCUT2D eigenvalue weighted by molar-refractivity contribution is 6.23. The molecule has 7 aromatic carbocycles. The number of benzene rings is 7. The molecule has 0 bridgehead atoms. The smallest absolute Gasteiger partial charge is 0.134 e. The molecule has 1 saturated heterocycles. The lowest BCUT2D eigenvalue weighted by Gasteiger charge is -2.33. The first kappa shape index (κ1) is 29.9. The van der Waals surface area contributed by atoms with E-state index in [1.54, 1.807) is 0 Å². The highest BCUT2D eigenvalue weighted by Gasteiger charge is 2.26. The molecule has 1 aliphatic rings. The fraction of sp³-hybridized carbons (Fsp3) is 0.128. The Morgan fingerprint density at radius 2 is 1.08 bits per heavy atom. The summed E-state index contributed by atoms with van der Waals surface area (Å²) in [6, 6.07) is 55.2. The van der Waals surface area contributed by atoms with Crippen molar-refractivity contribution in [2.24, 2.45) is 0 Å². The zero-order valence-corrected chi connectivity index (χ0v) is 28.5. The van der Waals surface area contributed by atoms with E-state index >= 15 is 0 Å². The van der Waals surface area contributed by atoms with Crippen molar-refractivity contribution >= 4 is 66.5 Å². The van der Waals surface area contributed by atoms with Gasteiger partial charge in [-0.15, -0.1) is 0 Å². The highest BCUT2D eigenvalue weighted by atomic mass is 15.2. The maximum Gasteiger partial charge on any atom is 0.134 e. The molecule has 0 saturated carbocycles. The van der Waals surface area contributed by atoms with Gasteiger partial charge in [0.2, 0.25) is 0 Å². The van der Waals surface area contributed by atoms with Gasteiger partial charge in [0.15, 0.2) is 0 Å². The lowest BCUT2D eigenvalue weighted by molar-refractivity contribution is 0.181. The second-order valence-electron chi connectivity index (χ2n) is 13.9. The first-order valence-corrected chi connectivity index (χ1v) is 18.1. The molecule has 3 heterocycles. The number of hydrogen-bond acceptors (Lipinski definition) is 2.